The number of nitrogens with zero attached hydrogens (tertiary/aromatic N) is 1. The number of thiazole rings is 1. The molecule has 2 nitrogen and oxygen atoms in total. The third-order valence-corrected chi connectivity index (χ3v) is 3.43. The Labute approximate surface area is 112 Å². The SMILES string of the molecule is Fc1ccc(OCCc2nc(CCl)cs2)c(F)c1. The van der Waals surface area contributed by atoms with Gasteiger partial charge in [0.15, 0.2) is 11.6 Å². The highest BCUT2D eigenvalue weighted by Gasteiger charge is 2.06. The van der Waals surface area contributed by atoms with Crippen LogP contribution in [0.3, 0.4) is 0 Å². The number of halogens is 3. The molecule has 6 heteroatoms. The third kappa shape index (κ3) is 3.40. The summed E-state index contributed by atoms with van der Waals surface area (Å²) >= 11 is 7.12. The van der Waals surface area contributed by atoms with Gasteiger partial charge in [0, 0.05) is 17.9 Å². The molecule has 0 spiro atoms. The van der Waals surface area contributed by atoms with Gasteiger partial charge in [0.2, 0.25) is 0 Å². The van der Waals surface area contributed by atoms with Gasteiger partial charge in [0.25, 0.3) is 0 Å². The molecule has 0 saturated heterocycles. The van der Waals surface area contributed by atoms with E-state index in [4.69, 9.17) is 16.3 Å². The highest BCUT2D eigenvalue weighted by Crippen LogP contribution is 2.18. The second kappa shape index (κ2) is 6.11. The highest BCUT2D eigenvalue weighted by molar-refractivity contribution is 7.09. The van der Waals surface area contributed by atoms with E-state index in [1.165, 1.54) is 17.4 Å². The molecule has 0 amide bonds. The number of rotatable bonds is 5. The smallest absolute Gasteiger partial charge is 0.167 e. The Kier molecular flexibility index (Phi) is 4.49. The summed E-state index contributed by atoms with van der Waals surface area (Å²) in [6.07, 6.45) is 0.568. The van der Waals surface area contributed by atoms with Gasteiger partial charge in [-0.05, 0) is 12.1 Å². The Bertz CT molecular complexity index is 533. The minimum Gasteiger partial charge on any atom is -0.490 e. The van der Waals surface area contributed by atoms with Gasteiger partial charge in [-0.15, -0.1) is 22.9 Å². The van der Waals surface area contributed by atoms with E-state index in [9.17, 15) is 8.78 Å². The lowest BCUT2D eigenvalue weighted by Crippen LogP contribution is -2.02. The Hall–Kier alpha value is -1.20. The quantitative estimate of drug-likeness (QED) is 0.782. The van der Waals surface area contributed by atoms with Gasteiger partial charge in [-0.1, -0.05) is 0 Å². The van der Waals surface area contributed by atoms with Gasteiger partial charge in [0.05, 0.1) is 23.2 Å². The van der Waals surface area contributed by atoms with Crippen LogP contribution in [0.1, 0.15) is 10.7 Å². The lowest BCUT2D eigenvalue weighted by molar-refractivity contribution is 0.304. The normalized spacial score (nSPS) is 10.6. The summed E-state index contributed by atoms with van der Waals surface area (Å²) in [4.78, 5) is 4.25. The summed E-state index contributed by atoms with van der Waals surface area (Å²) < 4.78 is 31.1. The van der Waals surface area contributed by atoms with E-state index in [1.54, 1.807) is 0 Å². The summed E-state index contributed by atoms with van der Waals surface area (Å²) in [6, 6.07) is 3.23. The fourth-order valence-corrected chi connectivity index (χ4v) is 2.37. The topological polar surface area (TPSA) is 22.1 Å². The third-order valence-electron chi connectivity index (χ3n) is 2.20. The average molecular weight is 290 g/mol. The van der Waals surface area contributed by atoms with Gasteiger partial charge in [-0.25, -0.2) is 13.8 Å². The molecule has 2 aromatic rings. The molecule has 0 saturated carbocycles. The molecule has 0 atom stereocenters. The van der Waals surface area contributed by atoms with Crippen LogP contribution in [-0.4, -0.2) is 11.6 Å². The summed E-state index contributed by atoms with van der Waals surface area (Å²) in [5.41, 5.74) is 0.824. The van der Waals surface area contributed by atoms with Crippen LogP contribution >= 0.6 is 22.9 Å². The number of aromatic nitrogens is 1. The number of alkyl halides is 1. The zero-order valence-electron chi connectivity index (χ0n) is 9.33. The Morgan fingerprint density at radius 3 is 2.83 bits per heavy atom. The summed E-state index contributed by atoms with van der Waals surface area (Å²) in [5.74, 6) is -0.892. The first-order valence-corrected chi connectivity index (χ1v) is 6.67. The van der Waals surface area contributed by atoms with Crippen molar-refractivity contribution >= 4 is 22.9 Å². The predicted molar refractivity (Wildman–Crippen MR) is 67.2 cm³/mol. The first-order valence-electron chi connectivity index (χ1n) is 5.26. The van der Waals surface area contributed by atoms with E-state index >= 15 is 0 Å². The predicted octanol–water partition coefficient (Wildman–Crippen LogP) is 3.78. The van der Waals surface area contributed by atoms with Crippen molar-refractivity contribution in [1.82, 2.24) is 4.98 Å². The molecule has 0 bridgehead atoms. The number of ether oxygens (including phenoxy) is 1. The first kappa shape index (κ1) is 13.2. The molecule has 1 aromatic heterocycles. The minimum atomic E-state index is -0.699. The first-order chi connectivity index (χ1) is 8.69. The molecule has 1 aromatic carbocycles. The molecule has 18 heavy (non-hydrogen) atoms. The molecule has 0 unspecified atom stereocenters. The van der Waals surface area contributed by atoms with Crippen LogP contribution in [0.4, 0.5) is 8.78 Å². The van der Waals surface area contributed by atoms with Crippen molar-refractivity contribution in [2.75, 3.05) is 6.61 Å². The van der Waals surface area contributed by atoms with Crippen LogP contribution in [0.5, 0.6) is 5.75 Å². The van der Waals surface area contributed by atoms with Crippen molar-refractivity contribution in [2.45, 2.75) is 12.3 Å². The average Bonchev–Trinajstić information content (AvgIpc) is 2.80. The number of hydrogen-bond acceptors (Lipinski definition) is 3. The Morgan fingerprint density at radius 1 is 1.33 bits per heavy atom. The maximum Gasteiger partial charge on any atom is 0.167 e. The monoisotopic (exact) mass is 289 g/mol. The highest BCUT2D eigenvalue weighted by atomic mass is 35.5. The largest absolute Gasteiger partial charge is 0.490 e. The molecule has 1 heterocycles. The van der Waals surface area contributed by atoms with Crippen molar-refractivity contribution in [1.29, 1.82) is 0 Å². The van der Waals surface area contributed by atoms with E-state index in [2.05, 4.69) is 4.98 Å². The molecule has 0 radical (unpaired) electrons. The van der Waals surface area contributed by atoms with Crippen LogP contribution in [0.15, 0.2) is 23.6 Å². The van der Waals surface area contributed by atoms with E-state index in [1.807, 2.05) is 5.38 Å². The summed E-state index contributed by atoms with van der Waals surface area (Å²) in [5, 5.41) is 2.76. The van der Waals surface area contributed by atoms with Crippen LogP contribution in [0, 0.1) is 11.6 Å². The Balaban J connectivity index is 1.88. The maximum atomic E-state index is 13.2. The van der Waals surface area contributed by atoms with Gasteiger partial charge >= 0.3 is 0 Å². The van der Waals surface area contributed by atoms with Crippen molar-refractivity contribution in [3.63, 3.8) is 0 Å². The Morgan fingerprint density at radius 2 is 2.17 bits per heavy atom. The van der Waals surface area contributed by atoms with Gasteiger partial charge < -0.3 is 4.74 Å². The number of benzene rings is 1. The maximum absolute atomic E-state index is 13.2. The van der Waals surface area contributed by atoms with Crippen LogP contribution < -0.4 is 4.74 Å². The second-order valence-corrected chi connectivity index (χ2v) is 4.75. The molecule has 0 aliphatic rings. The van der Waals surface area contributed by atoms with Crippen molar-refractivity contribution < 1.29 is 13.5 Å². The fraction of sp³-hybridized carbons (Fsp3) is 0.250. The summed E-state index contributed by atoms with van der Waals surface area (Å²) in [7, 11) is 0. The molecule has 96 valence electrons. The summed E-state index contributed by atoms with van der Waals surface area (Å²) in [6.45, 7) is 0.289. The van der Waals surface area contributed by atoms with Crippen LogP contribution in [-0.2, 0) is 12.3 Å². The molecule has 0 aliphatic carbocycles. The van der Waals surface area contributed by atoms with Crippen molar-refractivity contribution in [3.8, 4) is 5.75 Å². The minimum absolute atomic E-state index is 0.0468. The standard InChI is InChI=1S/C12H10ClF2NOS/c13-6-9-7-18-12(16-9)3-4-17-11-2-1-8(14)5-10(11)15/h1-2,5,7H,3-4,6H2. The van der Waals surface area contributed by atoms with Crippen LogP contribution in [0.25, 0.3) is 0 Å². The molecular formula is C12H10ClF2NOS. The van der Waals surface area contributed by atoms with Crippen LogP contribution in [0.2, 0.25) is 0 Å². The van der Waals surface area contributed by atoms with E-state index in [0.29, 0.717) is 12.3 Å². The second-order valence-electron chi connectivity index (χ2n) is 3.54. The van der Waals surface area contributed by atoms with E-state index in [0.717, 1.165) is 22.8 Å². The van der Waals surface area contributed by atoms with Gasteiger partial charge in [-0.3, -0.25) is 0 Å². The molecule has 0 N–H and O–H groups in total. The lowest BCUT2D eigenvalue weighted by atomic mass is 10.3. The van der Waals surface area contributed by atoms with E-state index in [-0.39, 0.29) is 12.4 Å². The fourth-order valence-electron chi connectivity index (χ4n) is 1.37. The zero-order valence-corrected chi connectivity index (χ0v) is 10.9. The van der Waals surface area contributed by atoms with Crippen molar-refractivity contribution in [3.05, 3.63) is 45.9 Å². The van der Waals surface area contributed by atoms with E-state index < -0.39 is 11.6 Å². The molecule has 0 aliphatic heterocycles. The number of hydrogen-bond donors (Lipinski definition) is 0. The molecule has 0 fully saturated rings. The molecular weight excluding hydrogens is 280 g/mol. The van der Waals surface area contributed by atoms with Gasteiger partial charge in [-0.2, -0.15) is 0 Å². The molecule has 2 rings (SSSR count). The lowest BCUT2D eigenvalue weighted by Gasteiger charge is -2.05. The zero-order chi connectivity index (χ0) is 13.0. The van der Waals surface area contributed by atoms with Gasteiger partial charge in [0.1, 0.15) is 5.82 Å². The van der Waals surface area contributed by atoms with Crippen molar-refractivity contribution in [2.24, 2.45) is 0 Å².